The molecule has 0 aromatic rings. The lowest BCUT2D eigenvalue weighted by Gasteiger charge is -2.00. The summed E-state index contributed by atoms with van der Waals surface area (Å²) in [5.41, 5.74) is 0.546. The van der Waals surface area contributed by atoms with Gasteiger partial charge in [-0.1, -0.05) is 12.7 Å². The van der Waals surface area contributed by atoms with E-state index in [1.807, 2.05) is 0 Å². The van der Waals surface area contributed by atoms with Crippen LogP contribution in [0, 0.1) is 0 Å². The molecule has 0 fully saturated rings. The van der Waals surface area contributed by atoms with Crippen LogP contribution in [-0.2, 0) is 0 Å². The van der Waals surface area contributed by atoms with Crippen molar-refractivity contribution in [3.05, 3.63) is 24.4 Å². The second kappa shape index (κ2) is 4.04. The molecule has 0 radical (unpaired) electrons. The van der Waals surface area contributed by atoms with E-state index in [4.69, 9.17) is 5.11 Å². The van der Waals surface area contributed by atoms with Crippen LogP contribution in [0.15, 0.2) is 29.4 Å². The number of nitrogens with zero attached hydrogens (tertiary/aromatic N) is 1. The van der Waals surface area contributed by atoms with Crippen molar-refractivity contribution in [3.8, 4) is 0 Å². The molecule has 1 N–H and O–H groups in total. The van der Waals surface area contributed by atoms with Gasteiger partial charge in [-0.25, -0.2) is 0 Å². The molecule has 0 aromatic carbocycles. The molecule has 1 unspecified atom stereocenters. The van der Waals surface area contributed by atoms with Crippen LogP contribution in [0.4, 0.5) is 0 Å². The molecule has 0 saturated heterocycles. The molecule has 50 valence electrons. The molecule has 0 spiro atoms. The molecule has 0 amide bonds. The highest BCUT2D eigenvalue weighted by Gasteiger charge is 1.97. The minimum Gasteiger partial charge on any atom is -0.387 e. The van der Waals surface area contributed by atoms with Gasteiger partial charge in [0.2, 0.25) is 0 Å². The first-order valence-electron chi connectivity index (χ1n) is 2.69. The van der Waals surface area contributed by atoms with Gasteiger partial charge >= 0.3 is 0 Å². The van der Waals surface area contributed by atoms with Gasteiger partial charge < -0.3 is 5.11 Å². The molecule has 0 heterocycles. The number of hydrogen-bond donors (Lipinski definition) is 1. The highest BCUT2D eigenvalue weighted by molar-refractivity contribution is 5.31. The third-order valence-electron chi connectivity index (χ3n) is 0.899. The summed E-state index contributed by atoms with van der Waals surface area (Å²) in [7, 11) is 0. The van der Waals surface area contributed by atoms with Crippen molar-refractivity contribution < 1.29 is 5.11 Å². The first-order chi connectivity index (χ1) is 4.22. The van der Waals surface area contributed by atoms with Crippen LogP contribution in [0.25, 0.3) is 0 Å². The van der Waals surface area contributed by atoms with Crippen LogP contribution in [-0.4, -0.2) is 17.9 Å². The predicted molar refractivity (Wildman–Crippen MR) is 39.5 cm³/mol. The van der Waals surface area contributed by atoms with Gasteiger partial charge in [-0.15, -0.1) is 0 Å². The largest absolute Gasteiger partial charge is 0.387 e. The molecule has 0 bridgehead atoms. The van der Waals surface area contributed by atoms with Gasteiger partial charge in [0.1, 0.15) is 0 Å². The number of allylic oxidation sites excluding steroid dienone is 2. The summed E-state index contributed by atoms with van der Waals surface area (Å²) in [4.78, 5) is 3.57. The maximum atomic E-state index is 8.89. The average Bonchev–Trinajstić information content (AvgIpc) is 1.82. The van der Waals surface area contributed by atoms with Crippen molar-refractivity contribution in [2.75, 3.05) is 0 Å². The Morgan fingerprint density at radius 1 is 1.78 bits per heavy atom. The maximum absolute atomic E-state index is 8.89. The Labute approximate surface area is 55.2 Å². The third kappa shape index (κ3) is 2.82. The molecular weight excluding hydrogens is 114 g/mol. The summed E-state index contributed by atoms with van der Waals surface area (Å²) in [5.74, 6) is 0. The lowest BCUT2D eigenvalue weighted by Crippen LogP contribution is -2.00. The first kappa shape index (κ1) is 8.11. The van der Waals surface area contributed by atoms with Crippen LogP contribution >= 0.6 is 0 Å². The molecule has 0 saturated carbocycles. The van der Waals surface area contributed by atoms with E-state index in [0.29, 0.717) is 5.70 Å². The minimum absolute atomic E-state index is 0.546. The monoisotopic (exact) mass is 125 g/mol. The summed E-state index contributed by atoms with van der Waals surface area (Å²) in [6, 6.07) is 0. The molecule has 1 atom stereocenters. The van der Waals surface area contributed by atoms with Gasteiger partial charge in [-0.2, -0.15) is 0 Å². The van der Waals surface area contributed by atoms with E-state index in [9.17, 15) is 0 Å². The Morgan fingerprint density at radius 3 is 2.44 bits per heavy atom. The lowest BCUT2D eigenvalue weighted by molar-refractivity contribution is 0.230. The fraction of sp³-hybridized carbons (Fsp3) is 0.286. The molecular formula is C7H11NO. The van der Waals surface area contributed by atoms with Crippen molar-refractivity contribution in [1.82, 2.24) is 0 Å². The number of aliphatic hydroxyl groups excluding tert-OH is 1. The molecule has 2 heteroatoms. The summed E-state index contributed by atoms with van der Waals surface area (Å²) >= 11 is 0. The van der Waals surface area contributed by atoms with E-state index in [1.165, 1.54) is 0 Å². The molecule has 0 aliphatic rings. The van der Waals surface area contributed by atoms with Gasteiger partial charge in [-0.05, 0) is 19.7 Å². The molecule has 9 heavy (non-hydrogen) atoms. The van der Waals surface area contributed by atoms with E-state index >= 15 is 0 Å². The number of aliphatic imine (C=N–C) groups is 1. The zero-order valence-corrected chi connectivity index (χ0v) is 5.54. The summed E-state index contributed by atoms with van der Waals surface area (Å²) in [5, 5.41) is 8.89. The van der Waals surface area contributed by atoms with Crippen molar-refractivity contribution >= 4 is 6.72 Å². The Morgan fingerprint density at radius 2 is 2.33 bits per heavy atom. The van der Waals surface area contributed by atoms with E-state index < -0.39 is 6.10 Å². The van der Waals surface area contributed by atoms with Gasteiger partial charge in [0, 0.05) is 0 Å². The predicted octanol–water partition coefficient (Wildman–Crippen LogP) is 1.14. The molecule has 0 aliphatic carbocycles. The molecule has 0 aliphatic heterocycles. The zero-order valence-electron chi connectivity index (χ0n) is 5.54. The van der Waals surface area contributed by atoms with Crippen molar-refractivity contribution in [1.29, 1.82) is 0 Å². The summed E-state index contributed by atoms with van der Waals surface area (Å²) in [6.07, 6.45) is 2.63. The topological polar surface area (TPSA) is 32.6 Å². The Kier molecular flexibility index (Phi) is 3.64. The van der Waals surface area contributed by atoms with Crippen LogP contribution < -0.4 is 0 Å². The number of hydrogen-bond acceptors (Lipinski definition) is 2. The highest BCUT2D eigenvalue weighted by atomic mass is 16.3. The second-order valence-corrected chi connectivity index (χ2v) is 1.66. The maximum Gasteiger partial charge on any atom is 0.0931 e. The van der Waals surface area contributed by atoms with E-state index in [2.05, 4.69) is 18.3 Å². The van der Waals surface area contributed by atoms with Gasteiger partial charge in [0.05, 0.1) is 11.8 Å². The Bertz CT molecular complexity index is 136. The highest BCUT2D eigenvalue weighted by Crippen LogP contribution is 2.01. The van der Waals surface area contributed by atoms with Crippen molar-refractivity contribution in [2.24, 2.45) is 4.99 Å². The first-order valence-corrected chi connectivity index (χ1v) is 2.69. The van der Waals surface area contributed by atoms with Gasteiger partial charge in [0.15, 0.2) is 0 Å². The molecule has 0 rings (SSSR count). The Balaban J connectivity index is 4.13. The SMILES string of the molecule is C=C/C=C(\N=C)C(C)O. The Hall–Kier alpha value is -0.890. The van der Waals surface area contributed by atoms with Gasteiger partial charge in [0.25, 0.3) is 0 Å². The van der Waals surface area contributed by atoms with Crippen LogP contribution in [0.5, 0.6) is 0 Å². The molecule has 0 aromatic heterocycles. The van der Waals surface area contributed by atoms with E-state index in [0.717, 1.165) is 0 Å². The van der Waals surface area contributed by atoms with Crippen molar-refractivity contribution in [3.63, 3.8) is 0 Å². The average molecular weight is 125 g/mol. The van der Waals surface area contributed by atoms with Gasteiger partial charge in [-0.3, -0.25) is 4.99 Å². The number of rotatable bonds is 3. The van der Waals surface area contributed by atoms with Crippen LogP contribution in [0.2, 0.25) is 0 Å². The van der Waals surface area contributed by atoms with Crippen molar-refractivity contribution in [2.45, 2.75) is 13.0 Å². The fourth-order valence-corrected chi connectivity index (χ4v) is 0.445. The number of aliphatic hydroxyl groups is 1. The smallest absolute Gasteiger partial charge is 0.0931 e. The fourth-order valence-electron chi connectivity index (χ4n) is 0.445. The quantitative estimate of drug-likeness (QED) is 0.445. The zero-order chi connectivity index (χ0) is 7.28. The minimum atomic E-state index is -0.555. The molecule has 2 nitrogen and oxygen atoms in total. The standard InChI is InChI=1S/C7H11NO/c1-4-5-7(8-3)6(2)9/h4-6,9H,1,3H2,2H3/b7-5-. The van der Waals surface area contributed by atoms with E-state index in [-0.39, 0.29) is 0 Å². The third-order valence-corrected chi connectivity index (χ3v) is 0.899. The van der Waals surface area contributed by atoms with E-state index in [1.54, 1.807) is 19.1 Å². The van der Waals surface area contributed by atoms with Crippen LogP contribution in [0.1, 0.15) is 6.92 Å². The van der Waals surface area contributed by atoms with Crippen LogP contribution in [0.3, 0.4) is 0 Å². The second-order valence-electron chi connectivity index (χ2n) is 1.66. The summed E-state index contributed by atoms with van der Waals surface area (Å²) < 4.78 is 0. The summed E-state index contributed by atoms with van der Waals surface area (Å²) in [6.45, 7) is 8.36. The lowest BCUT2D eigenvalue weighted by atomic mass is 10.3. The normalized spacial score (nSPS) is 14.7.